The molecule has 0 atom stereocenters. The van der Waals surface area contributed by atoms with Gasteiger partial charge in [0, 0.05) is 18.4 Å². The molecule has 6 heteroatoms. The summed E-state index contributed by atoms with van der Waals surface area (Å²) in [7, 11) is 0. The van der Waals surface area contributed by atoms with E-state index < -0.39 is 0 Å². The summed E-state index contributed by atoms with van der Waals surface area (Å²) in [6, 6.07) is 18.3. The molecule has 0 bridgehead atoms. The molecule has 1 heterocycles. The maximum atomic E-state index is 11.8. The molecule has 0 aliphatic heterocycles. The minimum atomic E-state index is -0.147. The SMILES string of the molecule is CCOC(=O)CCCc1ccc(Cc2c(C(C)C)nn(Cc3ccccc3)c2N=O)cc1. The van der Waals surface area contributed by atoms with E-state index in [0.29, 0.717) is 31.8 Å². The van der Waals surface area contributed by atoms with Crippen molar-refractivity contribution in [3.63, 3.8) is 0 Å². The van der Waals surface area contributed by atoms with Gasteiger partial charge < -0.3 is 4.74 Å². The van der Waals surface area contributed by atoms with Crippen LogP contribution in [0, 0.1) is 4.91 Å². The zero-order valence-electron chi connectivity index (χ0n) is 19.1. The Morgan fingerprint density at radius 2 is 1.72 bits per heavy atom. The van der Waals surface area contributed by atoms with E-state index in [4.69, 9.17) is 9.84 Å². The van der Waals surface area contributed by atoms with Crippen LogP contribution in [-0.2, 0) is 28.9 Å². The van der Waals surface area contributed by atoms with Crippen LogP contribution in [0.2, 0.25) is 0 Å². The second-order valence-corrected chi connectivity index (χ2v) is 8.23. The molecule has 168 valence electrons. The highest BCUT2D eigenvalue weighted by Gasteiger charge is 2.21. The van der Waals surface area contributed by atoms with Crippen molar-refractivity contribution in [1.82, 2.24) is 9.78 Å². The fraction of sp³-hybridized carbons (Fsp3) is 0.385. The van der Waals surface area contributed by atoms with Crippen molar-refractivity contribution in [2.45, 2.75) is 58.9 Å². The van der Waals surface area contributed by atoms with Crippen LogP contribution in [-0.4, -0.2) is 22.4 Å². The zero-order valence-corrected chi connectivity index (χ0v) is 19.1. The van der Waals surface area contributed by atoms with Crippen LogP contribution in [0.4, 0.5) is 5.82 Å². The standard InChI is InChI=1S/C26H31N3O3/c1-4-32-24(30)12-8-11-20-13-15-21(16-14-20)17-23-25(19(2)3)27-29(26(23)28-31)18-22-9-6-5-7-10-22/h5-7,9-10,13-16,19H,4,8,11-12,17-18H2,1-3H3. The van der Waals surface area contributed by atoms with Crippen LogP contribution in [0.3, 0.4) is 0 Å². The average molecular weight is 434 g/mol. The van der Waals surface area contributed by atoms with Gasteiger partial charge in [-0.15, -0.1) is 4.91 Å². The van der Waals surface area contributed by atoms with Crippen molar-refractivity contribution >= 4 is 11.8 Å². The van der Waals surface area contributed by atoms with E-state index in [2.05, 4.69) is 43.3 Å². The predicted octanol–water partition coefficient (Wildman–Crippen LogP) is 5.93. The number of ether oxygens (including phenoxy) is 1. The van der Waals surface area contributed by atoms with Crippen LogP contribution >= 0.6 is 0 Å². The molecular formula is C26H31N3O3. The lowest BCUT2D eigenvalue weighted by Crippen LogP contribution is -2.04. The molecule has 0 amide bonds. The first kappa shape index (κ1) is 23.4. The van der Waals surface area contributed by atoms with Gasteiger partial charge >= 0.3 is 5.97 Å². The Kier molecular flexibility index (Phi) is 8.31. The molecular weight excluding hydrogens is 402 g/mol. The predicted molar refractivity (Wildman–Crippen MR) is 126 cm³/mol. The number of hydrogen-bond donors (Lipinski definition) is 0. The molecule has 0 saturated carbocycles. The van der Waals surface area contributed by atoms with Crippen LogP contribution in [0.15, 0.2) is 59.8 Å². The third-order valence-electron chi connectivity index (χ3n) is 5.42. The van der Waals surface area contributed by atoms with Gasteiger partial charge in [0.15, 0.2) is 5.82 Å². The molecule has 0 spiro atoms. The monoisotopic (exact) mass is 433 g/mol. The van der Waals surface area contributed by atoms with E-state index in [-0.39, 0.29) is 11.9 Å². The van der Waals surface area contributed by atoms with E-state index in [0.717, 1.165) is 35.2 Å². The molecule has 0 saturated heterocycles. The van der Waals surface area contributed by atoms with Crippen molar-refractivity contribution in [2.24, 2.45) is 5.18 Å². The van der Waals surface area contributed by atoms with Gasteiger partial charge in [0.05, 0.1) is 18.8 Å². The maximum absolute atomic E-state index is 11.8. The number of carbonyl (C=O) groups excluding carboxylic acids is 1. The molecule has 0 N–H and O–H groups in total. The summed E-state index contributed by atoms with van der Waals surface area (Å²) in [5.41, 5.74) is 5.16. The van der Waals surface area contributed by atoms with Gasteiger partial charge in [-0.1, -0.05) is 68.4 Å². The Labute approximate surface area is 189 Å². The molecule has 1 aromatic heterocycles. The Morgan fingerprint density at radius 1 is 1.03 bits per heavy atom. The highest BCUT2D eigenvalue weighted by atomic mass is 16.5. The van der Waals surface area contributed by atoms with Crippen molar-refractivity contribution in [3.05, 3.63) is 87.5 Å². The molecule has 0 aliphatic rings. The summed E-state index contributed by atoms with van der Waals surface area (Å²) >= 11 is 0. The lowest BCUT2D eigenvalue weighted by molar-refractivity contribution is -0.143. The van der Waals surface area contributed by atoms with Gasteiger partial charge in [0.1, 0.15) is 0 Å². The normalized spacial score (nSPS) is 11.0. The molecule has 3 rings (SSSR count). The number of carbonyl (C=O) groups is 1. The Morgan fingerprint density at radius 3 is 2.34 bits per heavy atom. The van der Waals surface area contributed by atoms with E-state index in [9.17, 15) is 9.70 Å². The fourth-order valence-corrected chi connectivity index (χ4v) is 3.81. The van der Waals surface area contributed by atoms with Gasteiger partial charge in [0.25, 0.3) is 0 Å². The second-order valence-electron chi connectivity index (χ2n) is 8.23. The lowest BCUT2D eigenvalue weighted by Gasteiger charge is -2.07. The second kappa shape index (κ2) is 11.4. The van der Waals surface area contributed by atoms with Crippen LogP contribution in [0.1, 0.15) is 67.5 Å². The van der Waals surface area contributed by atoms with Crippen molar-refractivity contribution in [1.29, 1.82) is 0 Å². The number of benzene rings is 2. The maximum Gasteiger partial charge on any atom is 0.305 e. The summed E-state index contributed by atoms with van der Waals surface area (Å²) in [4.78, 5) is 23.3. The molecule has 0 radical (unpaired) electrons. The van der Waals surface area contributed by atoms with E-state index in [1.807, 2.05) is 37.3 Å². The average Bonchev–Trinajstić information content (AvgIpc) is 3.13. The third kappa shape index (κ3) is 6.13. The summed E-state index contributed by atoms with van der Waals surface area (Å²) in [5.74, 6) is 0.437. The van der Waals surface area contributed by atoms with Crippen LogP contribution in [0.5, 0.6) is 0 Å². The number of nitrogens with zero attached hydrogens (tertiary/aromatic N) is 3. The zero-order chi connectivity index (χ0) is 22.9. The first-order valence-corrected chi connectivity index (χ1v) is 11.2. The highest BCUT2D eigenvalue weighted by Crippen LogP contribution is 2.31. The highest BCUT2D eigenvalue weighted by molar-refractivity contribution is 5.69. The quantitative estimate of drug-likeness (QED) is 0.277. The van der Waals surface area contributed by atoms with Gasteiger partial charge in [0.2, 0.25) is 0 Å². The smallest absolute Gasteiger partial charge is 0.305 e. The van der Waals surface area contributed by atoms with Crippen molar-refractivity contribution in [3.8, 4) is 0 Å². The summed E-state index contributed by atoms with van der Waals surface area (Å²) in [6.07, 6.45) is 2.63. The first-order chi connectivity index (χ1) is 15.5. The summed E-state index contributed by atoms with van der Waals surface area (Å²) in [5, 5.41) is 8.10. The van der Waals surface area contributed by atoms with Crippen molar-refractivity contribution < 1.29 is 9.53 Å². The van der Waals surface area contributed by atoms with E-state index in [1.165, 1.54) is 5.56 Å². The molecule has 6 nitrogen and oxygen atoms in total. The van der Waals surface area contributed by atoms with Crippen molar-refractivity contribution in [2.75, 3.05) is 6.61 Å². The van der Waals surface area contributed by atoms with Gasteiger partial charge in [-0.05, 0) is 47.6 Å². The molecule has 2 aromatic carbocycles. The minimum absolute atomic E-state index is 0.147. The molecule has 0 aliphatic carbocycles. The molecule has 3 aromatic rings. The first-order valence-electron chi connectivity index (χ1n) is 11.2. The van der Waals surface area contributed by atoms with Crippen LogP contribution in [0.25, 0.3) is 0 Å². The van der Waals surface area contributed by atoms with Gasteiger partial charge in [-0.25, -0.2) is 4.68 Å². The van der Waals surface area contributed by atoms with Gasteiger partial charge in [-0.3, -0.25) is 4.79 Å². The number of nitroso groups, excluding NO2 is 1. The van der Waals surface area contributed by atoms with Crippen LogP contribution < -0.4 is 0 Å². The number of aromatic nitrogens is 2. The van der Waals surface area contributed by atoms with Gasteiger partial charge in [-0.2, -0.15) is 5.10 Å². The van der Waals surface area contributed by atoms with E-state index in [1.54, 1.807) is 4.68 Å². The topological polar surface area (TPSA) is 73.5 Å². The number of rotatable bonds is 11. The summed E-state index contributed by atoms with van der Waals surface area (Å²) in [6.45, 7) is 6.92. The molecule has 0 fully saturated rings. The summed E-state index contributed by atoms with van der Waals surface area (Å²) < 4.78 is 6.69. The number of esters is 1. The van der Waals surface area contributed by atoms with E-state index >= 15 is 0 Å². The third-order valence-corrected chi connectivity index (χ3v) is 5.42. The Balaban J connectivity index is 1.74. The number of aryl methyl sites for hydroxylation is 1. The molecule has 0 unspecified atom stereocenters. The largest absolute Gasteiger partial charge is 0.466 e. The fourth-order valence-electron chi connectivity index (χ4n) is 3.81. The molecule has 32 heavy (non-hydrogen) atoms. The lowest BCUT2D eigenvalue weighted by atomic mass is 9.98. The Bertz CT molecular complexity index is 1020. The number of hydrogen-bond acceptors (Lipinski definition) is 5. The minimum Gasteiger partial charge on any atom is -0.466 e. The Hall–Kier alpha value is -3.28.